The zero-order valence-corrected chi connectivity index (χ0v) is 10.3. The number of fused-ring (bicyclic) bond motifs is 1. The van der Waals surface area contributed by atoms with Gasteiger partial charge in [-0.3, -0.25) is 0 Å². The van der Waals surface area contributed by atoms with Gasteiger partial charge < -0.3 is 9.47 Å². The minimum Gasteiger partial charge on any atom is -0.465 e. The Morgan fingerprint density at radius 3 is 2.65 bits per heavy atom. The van der Waals surface area contributed by atoms with Crippen molar-refractivity contribution in [3.05, 3.63) is 29.3 Å². The first-order valence-electron chi connectivity index (χ1n) is 4.97. The fraction of sp³-hybridized carbons (Fsp3) is 0.364. The molecule has 0 spiro atoms. The summed E-state index contributed by atoms with van der Waals surface area (Å²) in [6.07, 6.45) is -0.457. The molecule has 1 atom stereocenters. The summed E-state index contributed by atoms with van der Waals surface area (Å²) in [6, 6.07) is 4.48. The molecule has 0 saturated heterocycles. The van der Waals surface area contributed by atoms with Gasteiger partial charge in [-0.25, -0.2) is 13.2 Å². The smallest absolute Gasteiger partial charge is 0.337 e. The molecule has 1 aliphatic heterocycles. The molecule has 1 aromatic carbocycles. The second-order valence-electron chi connectivity index (χ2n) is 3.75. The van der Waals surface area contributed by atoms with Crippen molar-refractivity contribution in [1.29, 1.82) is 0 Å². The van der Waals surface area contributed by atoms with Crippen LogP contribution in [0, 0.1) is 0 Å². The highest BCUT2D eigenvalue weighted by atomic mass is 32.2. The topological polar surface area (TPSA) is 69.7 Å². The van der Waals surface area contributed by atoms with Crippen molar-refractivity contribution in [2.75, 3.05) is 20.0 Å². The summed E-state index contributed by atoms with van der Waals surface area (Å²) in [5.41, 5.74) is 0.826. The first-order chi connectivity index (χ1) is 7.99. The normalized spacial score (nSPS) is 20.9. The van der Waals surface area contributed by atoms with Crippen molar-refractivity contribution in [2.24, 2.45) is 0 Å². The standard InChI is InChI=1S/C11H12O5S/c1-15-9-6-17(13,14)10-5-7(11(12)16-2)3-4-8(9)10/h3-5,9H,6H2,1-2H3. The predicted molar refractivity (Wildman–Crippen MR) is 59.6 cm³/mol. The monoisotopic (exact) mass is 256 g/mol. The summed E-state index contributed by atoms with van der Waals surface area (Å²) in [5.74, 6) is -0.632. The molecule has 92 valence electrons. The highest BCUT2D eigenvalue weighted by molar-refractivity contribution is 7.91. The molecular weight excluding hydrogens is 244 g/mol. The molecular formula is C11H12O5S. The SMILES string of the molecule is COC(=O)c1ccc2c(c1)S(=O)(=O)CC2OC. The number of benzene rings is 1. The molecule has 0 radical (unpaired) electrons. The maximum absolute atomic E-state index is 11.9. The molecule has 6 heteroatoms. The van der Waals surface area contributed by atoms with Crippen molar-refractivity contribution in [3.63, 3.8) is 0 Å². The van der Waals surface area contributed by atoms with Crippen LogP contribution < -0.4 is 0 Å². The van der Waals surface area contributed by atoms with Crippen molar-refractivity contribution >= 4 is 15.8 Å². The number of ether oxygens (including phenoxy) is 2. The first kappa shape index (κ1) is 12.1. The van der Waals surface area contributed by atoms with Gasteiger partial charge in [-0.1, -0.05) is 6.07 Å². The van der Waals surface area contributed by atoms with E-state index in [0.29, 0.717) is 5.56 Å². The van der Waals surface area contributed by atoms with E-state index < -0.39 is 21.9 Å². The third kappa shape index (κ3) is 1.94. The van der Waals surface area contributed by atoms with Crippen LogP contribution in [0.3, 0.4) is 0 Å². The van der Waals surface area contributed by atoms with Crippen LogP contribution in [0.25, 0.3) is 0 Å². The molecule has 0 fully saturated rings. The highest BCUT2D eigenvalue weighted by Gasteiger charge is 2.35. The van der Waals surface area contributed by atoms with Crippen LogP contribution in [0.1, 0.15) is 22.0 Å². The van der Waals surface area contributed by atoms with Crippen molar-refractivity contribution in [1.82, 2.24) is 0 Å². The molecule has 0 aliphatic carbocycles. The number of esters is 1. The summed E-state index contributed by atoms with van der Waals surface area (Å²) in [4.78, 5) is 11.5. The van der Waals surface area contributed by atoms with E-state index in [1.54, 1.807) is 6.07 Å². The van der Waals surface area contributed by atoms with Gasteiger partial charge in [0.25, 0.3) is 0 Å². The Balaban J connectivity index is 2.56. The van der Waals surface area contributed by atoms with Gasteiger partial charge in [0.15, 0.2) is 9.84 Å². The van der Waals surface area contributed by atoms with Crippen molar-refractivity contribution in [2.45, 2.75) is 11.0 Å². The fourth-order valence-corrected chi connectivity index (χ4v) is 3.65. The number of carbonyl (C=O) groups is 1. The summed E-state index contributed by atoms with van der Waals surface area (Å²) in [6.45, 7) is 0. The molecule has 0 N–H and O–H groups in total. The maximum atomic E-state index is 11.9. The quantitative estimate of drug-likeness (QED) is 0.737. The fourth-order valence-electron chi connectivity index (χ4n) is 1.89. The second kappa shape index (κ2) is 4.12. The third-order valence-electron chi connectivity index (χ3n) is 2.77. The predicted octanol–water partition coefficient (Wildman–Crippen LogP) is 0.948. The first-order valence-corrected chi connectivity index (χ1v) is 6.62. The lowest BCUT2D eigenvalue weighted by atomic mass is 10.1. The third-order valence-corrected chi connectivity index (χ3v) is 4.54. The molecule has 0 saturated carbocycles. The van der Waals surface area contributed by atoms with E-state index in [9.17, 15) is 13.2 Å². The number of sulfone groups is 1. The van der Waals surface area contributed by atoms with Crippen LogP contribution >= 0.6 is 0 Å². The zero-order valence-electron chi connectivity index (χ0n) is 9.47. The lowest BCUT2D eigenvalue weighted by molar-refractivity contribution is 0.0600. The summed E-state index contributed by atoms with van der Waals surface area (Å²) in [5, 5.41) is 0. The van der Waals surface area contributed by atoms with Gasteiger partial charge in [-0.05, 0) is 12.1 Å². The minimum atomic E-state index is -3.36. The molecule has 1 aromatic rings. The van der Waals surface area contributed by atoms with Crippen LogP contribution in [0.15, 0.2) is 23.1 Å². The van der Waals surface area contributed by atoms with Gasteiger partial charge in [-0.2, -0.15) is 0 Å². The molecule has 5 nitrogen and oxygen atoms in total. The lowest BCUT2D eigenvalue weighted by Crippen LogP contribution is -2.05. The molecule has 1 unspecified atom stereocenters. The van der Waals surface area contributed by atoms with Crippen LogP contribution in [0.4, 0.5) is 0 Å². The van der Waals surface area contributed by atoms with Gasteiger partial charge in [0.05, 0.1) is 29.4 Å². The second-order valence-corrected chi connectivity index (χ2v) is 5.75. The number of methoxy groups -OCH3 is 2. The summed E-state index contributed by atoms with van der Waals surface area (Å²) in [7, 11) is -0.650. The molecule has 1 heterocycles. The molecule has 2 rings (SSSR count). The molecule has 0 bridgehead atoms. The highest BCUT2D eigenvalue weighted by Crippen LogP contribution is 2.35. The van der Waals surface area contributed by atoms with Gasteiger partial charge in [0.1, 0.15) is 0 Å². The van der Waals surface area contributed by atoms with Gasteiger partial charge in [0, 0.05) is 12.7 Å². The van der Waals surface area contributed by atoms with Crippen LogP contribution in [0.5, 0.6) is 0 Å². The van der Waals surface area contributed by atoms with Crippen LogP contribution in [-0.2, 0) is 19.3 Å². The molecule has 0 amide bonds. The number of hydrogen-bond acceptors (Lipinski definition) is 5. The Bertz CT molecular complexity index is 561. The number of rotatable bonds is 2. The summed E-state index contributed by atoms with van der Waals surface area (Å²) >= 11 is 0. The van der Waals surface area contributed by atoms with E-state index in [1.165, 1.54) is 26.4 Å². The van der Waals surface area contributed by atoms with E-state index in [2.05, 4.69) is 4.74 Å². The largest absolute Gasteiger partial charge is 0.465 e. The van der Waals surface area contributed by atoms with Gasteiger partial charge >= 0.3 is 5.97 Å². The number of carbonyl (C=O) groups excluding carboxylic acids is 1. The van der Waals surface area contributed by atoms with Gasteiger partial charge in [-0.15, -0.1) is 0 Å². The molecule has 0 aromatic heterocycles. The van der Waals surface area contributed by atoms with Crippen molar-refractivity contribution in [3.8, 4) is 0 Å². The Morgan fingerprint density at radius 1 is 1.35 bits per heavy atom. The average Bonchev–Trinajstić information content (AvgIpc) is 2.59. The van der Waals surface area contributed by atoms with Gasteiger partial charge in [0.2, 0.25) is 0 Å². The van der Waals surface area contributed by atoms with E-state index in [-0.39, 0.29) is 16.2 Å². The maximum Gasteiger partial charge on any atom is 0.337 e. The van der Waals surface area contributed by atoms with Crippen molar-refractivity contribution < 1.29 is 22.7 Å². The lowest BCUT2D eigenvalue weighted by Gasteiger charge is -2.07. The van der Waals surface area contributed by atoms with E-state index in [1.807, 2.05) is 0 Å². The Morgan fingerprint density at radius 2 is 2.06 bits per heavy atom. The summed E-state index contributed by atoms with van der Waals surface area (Å²) < 4.78 is 33.4. The number of hydrogen-bond donors (Lipinski definition) is 0. The Labute approximate surface area is 99.3 Å². The molecule has 17 heavy (non-hydrogen) atoms. The Kier molecular flexibility index (Phi) is 2.92. The zero-order chi connectivity index (χ0) is 12.6. The van der Waals surface area contributed by atoms with E-state index >= 15 is 0 Å². The minimum absolute atomic E-state index is 0.0799. The Hall–Kier alpha value is -1.40. The average molecular weight is 256 g/mol. The van der Waals surface area contributed by atoms with Crippen LogP contribution in [-0.4, -0.2) is 34.4 Å². The molecule has 1 aliphatic rings. The van der Waals surface area contributed by atoms with E-state index in [0.717, 1.165) is 0 Å². The van der Waals surface area contributed by atoms with Crippen LogP contribution in [0.2, 0.25) is 0 Å². The van der Waals surface area contributed by atoms with E-state index in [4.69, 9.17) is 4.74 Å².